The number of anilines is 1. The minimum atomic E-state index is -3.67. The monoisotopic (exact) mass is 445 g/mol. The molecule has 0 saturated heterocycles. The van der Waals surface area contributed by atoms with Crippen LogP contribution in [0.1, 0.15) is 30.6 Å². The number of nitrogens with zero attached hydrogens (tertiary/aromatic N) is 3. The van der Waals surface area contributed by atoms with Gasteiger partial charge in [0.15, 0.2) is 0 Å². The highest BCUT2D eigenvalue weighted by molar-refractivity contribution is 7.89. The Bertz CT molecular complexity index is 1370. The van der Waals surface area contributed by atoms with Gasteiger partial charge in [-0.05, 0) is 43.7 Å². The van der Waals surface area contributed by atoms with E-state index in [1.165, 1.54) is 55.2 Å². The molecule has 0 fully saturated rings. The Labute approximate surface area is 178 Å². The number of carbonyl (C=O) groups is 1. The molecule has 1 atom stereocenters. The Balaban J connectivity index is 1.86. The molecule has 0 saturated carbocycles. The number of aryl methyl sites for hydroxylation is 1. The maximum atomic E-state index is 12.6. The average molecular weight is 446 g/mol. The number of sulfonamides is 1. The third-order valence-electron chi connectivity index (χ3n) is 4.95. The van der Waals surface area contributed by atoms with Crippen molar-refractivity contribution in [2.45, 2.75) is 31.2 Å². The molecule has 1 aromatic carbocycles. The highest BCUT2D eigenvalue weighted by atomic mass is 32.2. The summed E-state index contributed by atoms with van der Waals surface area (Å²) in [5.41, 5.74) is -0.321. The molecule has 1 amide bonds. The van der Waals surface area contributed by atoms with Crippen molar-refractivity contribution in [3.63, 3.8) is 0 Å². The highest BCUT2D eigenvalue weighted by Gasteiger charge is 2.17. The van der Waals surface area contributed by atoms with Gasteiger partial charge in [-0.2, -0.15) is 0 Å². The largest absolute Gasteiger partial charge is 0.332 e. The molecule has 2 N–H and O–H groups in total. The minimum Gasteiger partial charge on any atom is -0.321 e. The van der Waals surface area contributed by atoms with Crippen LogP contribution in [0.25, 0.3) is 11.0 Å². The normalized spacial score (nSPS) is 12.6. The Hall–Kier alpha value is -3.31. The minimum absolute atomic E-state index is 0.0566. The van der Waals surface area contributed by atoms with Gasteiger partial charge >= 0.3 is 5.69 Å². The molecular weight excluding hydrogens is 422 g/mol. The number of benzene rings is 1. The van der Waals surface area contributed by atoms with Crippen molar-refractivity contribution < 1.29 is 13.2 Å². The second-order valence-electron chi connectivity index (χ2n) is 7.21. The van der Waals surface area contributed by atoms with Crippen LogP contribution in [0.2, 0.25) is 0 Å². The first kappa shape index (κ1) is 22.4. The summed E-state index contributed by atoms with van der Waals surface area (Å²) in [4.78, 5) is 41.1. The van der Waals surface area contributed by atoms with E-state index >= 15 is 0 Å². The lowest BCUT2D eigenvalue weighted by atomic mass is 10.2. The standard InChI is InChI=1S/C20H23N5O5S/c1-5-12(2)23-31(29,30)15-8-6-13(7-9-15)18(26)22-14-10-16-17(21-11-14)24(3)20(28)25(4)19(16)27/h6-12,23H,5H2,1-4H3,(H,22,26). The van der Waals surface area contributed by atoms with Crippen LogP contribution in [-0.4, -0.2) is 34.5 Å². The number of aromatic nitrogens is 3. The zero-order valence-corrected chi connectivity index (χ0v) is 18.4. The maximum Gasteiger partial charge on any atom is 0.332 e. The van der Waals surface area contributed by atoms with E-state index in [1.54, 1.807) is 6.92 Å². The molecule has 0 aliphatic heterocycles. The molecular formula is C20H23N5O5S. The zero-order valence-electron chi connectivity index (χ0n) is 17.5. The van der Waals surface area contributed by atoms with Gasteiger partial charge in [-0.3, -0.25) is 18.7 Å². The summed E-state index contributed by atoms with van der Waals surface area (Å²) in [7, 11) is -0.807. The van der Waals surface area contributed by atoms with Crippen molar-refractivity contribution >= 4 is 32.7 Å². The van der Waals surface area contributed by atoms with Crippen molar-refractivity contribution in [3.8, 4) is 0 Å². The molecule has 3 aromatic rings. The van der Waals surface area contributed by atoms with E-state index in [0.29, 0.717) is 6.42 Å². The fourth-order valence-electron chi connectivity index (χ4n) is 2.94. The van der Waals surface area contributed by atoms with E-state index in [4.69, 9.17) is 0 Å². The second-order valence-corrected chi connectivity index (χ2v) is 8.92. The molecule has 31 heavy (non-hydrogen) atoms. The summed E-state index contributed by atoms with van der Waals surface area (Å²) in [6.45, 7) is 3.64. The maximum absolute atomic E-state index is 12.6. The molecule has 1 unspecified atom stereocenters. The Morgan fingerprint density at radius 3 is 2.39 bits per heavy atom. The van der Waals surface area contributed by atoms with Gasteiger partial charge in [-0.25, -0.2) is 22.9 Å². The summed E-state index contributed by atoms with van der Waals surface area (Å²) in [6, 6.07) is 6.74. The van der Waals surface area contributed by atoms with Gasteiger partial charge in [-0.1, -0.05) is 6.92 Å². The third kappa shape index (κ3) is 4.42. The van der Waals surface area contributed by atoms with E-state index in [2.05, 4.69) is 15.0 Å². The predicted octanol–water partition coefficient (Wildman–Crippen LogP) is 0.961. The van der Waals surface area contributed by atoms with Gasteiger partial charge in [0.25, 0.3) is 11.5 Å². The van der Waals surface area contributed by atoms with Crippen LogP contribution in [0.15, 0.2) is 51.0 Å². The molecule has 2 aromatic heterocycles. The van der Waals surface area contributed by atoms with Gasteiger partial charge in [0.2, 0.25) is 10.0 Å². The number of hydrogen-bond acceptors (Lipinski definition) is 6. The molecule has 0 aliphatic carbocycles. The lowest BCUT2D eigenvalue weighted by molar-refractivity contribution is 0.102. The van der Waals surface area contributed by atoms with E-state index in [-0.39, 0.29) is 33.2 Å². The third-order valence-corrected chi connectivity index (χ3v) is 6.55. The van der Waals surface area contributed by atoms with Gasteiger partial charge in [0.05, 0.1) is 22.2 Å². The summed E-state index contributed by atoms with van der Waals surface area (Å²) < 4.78 is 29.4. The summed E-state index contributed by atoms with van der Waals surface area (Å²) in [5, 5.41) is 2.81. The Morgan fingerprint density at radius 1 is 1.13 bits per heavy atom. The van der Waals surface area contributed by atoms with Crippen LogP contribution < -0.4 is 21.3 Å². The number of rotatable bonds is 6. The van der Waals surface area contributed by atoms with Crippen LogP contribution in [-0.2, 0) is 24.1 Å². The van der Waals surface area contributed by atoms with Crippen molar-refractivity contribution in [1.82, 2.24) is 18.8 Å². The number of carbonyl (C=O) groups excluding carboxylic acids is 1. The van der Waals surface area contributed by atoms with Crippen LogP contribution >= 0.6 is 0 Å². The molecule has 0 aliphatic rings. The smallest absolute Gasteiger partial charge is 0.321 e. The molecule has 11 heteroatoms. The second kappa shape index (κ2) is 8.44. The molecule has 10 nitrogen and oxygen atoms in total. The zero-order chi connectivity index (χ0) is 22.9. The lowest BCUT2D eigenvalue weighted by Crippen LogP contribution is -2.37. The van der Waals surface area contributed by atoms with Gasteiger partial charge in [0, 0.05) is 25.7 Å². The van der Waals surface area contributed by atoms with E-state index < -0.39 is 27.2 Å². The van der Waals surface area contributed by atoms with Gasteiger partial charge < -0.3 is 5.32 Å². The topological polar surface area (TPSA) is 132 Å². The quantitative estimate of drug-likeness (QED) is 0.581. The van der Waals surface area contributed by atoms with Crippen molar-refractivity contribution in [3.05, 3.63) is 62.9 Å². The predicted molar refractivity (Wildman–Crippen MR) is 117 cm³/mol. The van der Waals surface area contributed by atoms with Gasteiger partial charge in [0.1, 0.15) is 5.65 Å². The van der Waals surface area contributed by atoms with Crippen molar-refractivity contribution in [2.75, 3.05) is 5.32 Å². The number of pyridine rings is 1. The first-order valence-corrected chi connectivity index (χ1v) is 11.0. The van der Waals surface area contributed by atoms with Gasteiger partial charge in [-0.15, -0.1) is 0 Å². The molecule has 0 spiro atoms. The Kier molecular flexibility index (Phi) is 6.09. The molecule has 3 rings (SSSR count). The van der Waals surface area contributed by atoms with Crippen LogP contribution in [0.3, 0.4) is 0 Å². The van der Waals surface area contributed by atoms with Crippen LogP contribution in [0.5, 0.6) is 0 Å². The van der Waals surface area contributed by atoms with Crippen molar-refractivity contribution in [1.29, 1.82) is 0 Å². The molecule has 0 bridgehead atoms. The van der Waals surface area contributed by atoms with Crippen molar-refractivity contribution in [2.24, 2.45) is 14.1 Å². The summed E-state index contributed by atoms with van der Waals surface area (Å²) >= 11 is 0. The number of fused-ring (bicyclic) bond motifs is 1. The number of hydrogen-bond donors (Lipinski definition) is 2. The first-order chi connectivity index (χ1) is 14.5. The number of nitrogens with one attached hydrogen (secondary N) is 2. The SMILES string of the molecule is CCC(C)NS(=O)(=O)c1ccc(C(=O)Nc2cnc3c(c2)c(=O)n(C)c(=O)n3C)cc1. The molecule has 164 valence electrons. The van der Waals surface area contributed by atoms with E-state index in [1.807, 2.05) is 6.92 Å². The van der Waals surface area contributed by atoms with Crippen LogP contribution in [0.4, 0.5) is 5.69 Å². The fraction of sp³-hybridized carbons (Fsp3) is 0.300. The highest BCUT2D eigenvalue weighted by Crippen LogP contribution is 2.15. The summed E-state index contributed by atoms with van der Waals surface area (Å²) in [5.74, 6) is -0.498. The lowest BCUT2D eigenvalue weighted by Gasteiger charge is -2.12. The molecule has 2 heterocycles. The van der Waals surface area contributed by atoms with E-state index in [9.17, 15) is 22.8 Å². The average Bonchev–Trinajstić information content (AvgIpc) is 2.75. The molecule has 0 radical (unpaired) electrons. The fourth-order valence-corrected chi connectivity index (χ4v) is 4.27. The Morgan fingerprint density at radius 2 is 1.77 bits per heavy atom. The van der Waals surface area contributed by atoms with Crippen LogP contribution in [0, 0.1) is 0 Å². The number of amides is 1. The summed E-state index contributed by atoms with van der Waals surface area (Å²) in [6.07, 6.45) is 1.99. The van der Waals surface area contributed by atoms with E-state index in [0.717, 1.165) is 4.57 Å². The first-order valence-electron chi connectivity index (χ1n) is 9.54.